The molecule has 1 amide bonds. The van der Waals surface area contributed by atoms with Crippen LogP contribution in [0.4, 0.5) is 10.1 Å². The Hall–Kier alpha value is -1.87. The summed E-state index contributed by atoms with van der Waals surface area (Å²) in [4.78, 5) is 11.5. The van der Waals surface area contributed by atoms with Gasteiger partial charge in [-0.1, -0.05) is 13.8 Å². The summed E-state index contributed by atoms with van der Waals surface area (Å²) in [5.41, 5.74) is 0.657. The van der Waals surface area contributed by atoms with Gasteiger partial charge in [-0.3, -0.25) is 4.79 Å². The summed E-state index contributed by atoms with van der Waals surface area (Å²) < 4.78 is 41.9. The number of phenols is 1. The molecule has 1 fully saturated rings. The summed E-state index contributed by atoms with van der Waals surface area (Å²) in [6, 6.07) is 1.52. The Bertz CT molecular complexity index is 841. The fourth-order valence-electron chi connectivity index (χ4n) is 3.68. The van der Waals surface area contributed by atoms with Crippen LogP contribution in [0.3, 0.4) is 0 Å². The van der Waals surface area contributed by atoms with E-state index in [1.807, 2.05) is 0 Å². The molecule has 1 atom stereocenters. The zero-order valence-corrected chi connectivity index (χ0v) is 16.4. The van der Waals surface area contributed by atoms with Crippen molar-refractivity contribution in [2.24, 2.45) is 5.92 Å². The molecule has 0 unspecified atom stereocenters. The number of amides is 1. The molecular weight excluding hydrogens is 373 g/mol. The van der Waals surface area contributed by atoms with E-state index in [1.165, 1.54) is 6.07 Å². The maximum Gasteiger partial charge on any atom is 0.326 e. The maximum absolute atomic E-state index is 15.3. The second-order valence-corrected chi connectivity index (χ2v) is 9.26. The van der Waals surface area contributed by atoms with Gasteiger partial charge in [0.2, 0.25) is 0 Å². The van der Waals surface area contributed by atoms with Crippen molar-refractivity contribution in [1.29, 1.82) is 0 Å². The molecule has 1 aliphatic heterocycles. The van der Waals surface area contributed by atoms with Crippen molar-refractivity contribution in [3.63, 3.8) is 0 Å². The highest BCUT2D eigenvalue weighted by molar-refractivity contribution is 7.92. The minimum atomic E-state index is -4.19. The second-order valence-electron chi connectivity index (χ2n) is 7.66. The van der Waals surface area contributed by atoms with Crippen LogP contribution in [0.1, 0.15) is 44.2 Å². The molecule has 3 N–H and O–H groups in total. The van der Waals surface area contributed by atoms with Crippen molar-refractivity contribution < 1.29 is 22.7 Å². The number of nitrogens with zero attached hydrogens (tertiary/aromatic N) is 1. The number of carbonyl (C=O) groups excluding carboxylic acids is 1. The number of hydrogen-bond acceptors (Lipinski definition) is 5. The van der Waals surface area contributed by atoms with E-state index in [0.717, 1.165) is 25.8 Å². The number of benzene rings is 1. The first-order valence-corrected chi connectivity index (χ1v) is 10.7. The molecule has 1 aromatic carbocycles. The number of phenolic OH excluding ortho intramolecular Hbond substituents is 1. The predicted molar refractivity (Wildman–Crippen MR) is 100 cm³/mol. The molecule has 0 spiro atoms. The van der Waals surface area contributed by atoms with Gasteiger partial charge in [0.15, 0.2) is 5.82 Å². The van der Waals surface area contributed by atoms with E-state index >= 15 is 4.39 Å². The SMILES string of the molecule is CC(C)CCN[C@H]1CCCc2cc(O)c(N3CC(=O)NS3(=O)=O)c(F)c2C1. The minimum absolute atomic E-state index is 0.0897. The summed E-state index contributed by atoms with van der Waals surface area (Å²) >= 11 is 0. The van der Waals surface area contributed by atoms with Crippen LogP contribution in [0.2, 0.25) is 0 Å². The third-order valence-corrected chi connectivity index (χ3v) is 6.47. The van der Waals surface area contributed by atoms with Gasteiger partial charge in [-0.15, -0.1) is 0 Å². The average Bonchev–Trinajstić information content (AvgIpc) is 2.71. The molecule has 0 radical (unpaired) electrons. The predicted octanol–water partition coefficient (Wildman–Crippen LogP) is 1.60. The van der Waals surface area contributed by atoms with Crippen LogP contribution in [-0.4, -0.2) is 38.6 Å². The van der Waals surface area contributed by atoms with Gasteiger partial charge in [0.05, 0.1) is 0 Å². The first kappa shape index (κ1) is 19.9. The van der Waals surface area contributed by atoms with E-state index in [9.17, 15) is 18.3 Å². The summed E-state index contributed by atoms with van der Waals surface area (Å²) in [6.45, 7) is 4.58. The molecule has 0 bridgehead atoms. The van der Waals surface area contributed by atoms with Crippen molar-refractivity contribution in [3.05, 3.63) is 23.0 Å². The lowest BCUT2D eigenvalue weighted by Crippen LogP contribution is -2.33. The molecule has 150 valence electrons. The van der Waals surface area contributed by atoms with Gasteiger partial charge in [0.1, 0.15) is 18.0 Å². The lowest BCUT2D eigenvalue weighted by Gasteiger charge is -2.22. The number of halogens is 1. The zero-order valence-electron chi connectivity index (χ0n) is 15.6. The summed E-state index contributed by atoms with van der Waals surface area (Å²) in [5.74, 6) is -1.40. The molecule has 1 heterocycles. The number of nitrogens with one attached hydrogen (secondary N) is 2. The van der Waals surface area contributed by atoms with Crippen molar-refractivity contribution in [2.75, 3.05) is 17.4 Å². The molecular formula is C18H26FN3O4S. The van der Waals surface area contributed by atoms with E-state index < -0.39 is 39.9 Å². The van der Waals surface area contributed by atoms with Crippen LogP contribution >= 0.6 is 0 Å². The van der Waals surface area contributed by atoms with Crippen LogP contribution in [-0.2, 0) is 27.8 Å². The number of aryl methyl sites for hydroxylation is 1. The van der Waals surface area contributed by atoms with Crippen molar-refractivity contribution in [2.45, 2.75) is 52.0 Å². The van der Waals surface area contributed by atoms with E-state index in [2.05, 4.69) is 19.2 Å². The molecule has 2 aliphatic rings. The molecule has 1 aromatic rings. The van der Waals surface area contributed by atoms with Gasteiger partial charge in [-0.2, -0.15) is 8.42 Å². The van der Waals surface area contributed by atoms with E-state index in [-0.39, 0.29) is 6.04 Å². The molecule has 27 heavy (non-hydrogen) atoms. The van der Waals surface area contributed by atoms with Crippen molar-refractivity contribution >= 4 is 21.8 Å². The third-order valence-electron chi connectivity index (χ3n) is 5.09. The summed E-state index contributed by atoms with van der Waals surface area (Å²) in [6.07, 6.45) is 3.79. The number of aromatic hydroxyl groups is 1. The van der Waals surface area contributed by atoms with Gasteiger partial charge in [0, 0.05) is 6.04 Å². The van der Waals surface area contributed by atoms with Gasteiger partial charge in [-0.25, -0.2) is 13.4 Å². The number of carbonyl (C=O) groups is 1. The first-order chi connectivity index (χ1) is 12.7. The second kappa shape index (κ2) is 7.63. The molecule has 9 heteroatoms. The topological polar surface area (TPSA) is 98.7 Å². The van der Waals surface area contributed by atoms with Gasteiger partial charge in [0.25, 0.3) is 5.91 Å². The lowest BCUT2D eigenvalue weighted by atomic mass is 9.99. The largest absolute Gasteiger partial charge is 0.506 e. The molecule has 1 aliphatic carbocycles. The first-order valence-electron chi connectivity index (χ1n) is 9.29. The number of rotatable bonds is 5. The van der Waals surface area contributed by atoms with Crippen molar-refractivity contribution in [3.8, 4) is 5.75 Å². The standard InChI is InChI=1S/C18H26FN3O4S/c1-11(2)6-7-20-13-5-3-4-12-8-15(23)18(17(19)14(12)9-13)22-10-16(24)21-27(22,25)26/h8,11,13,20,23H,3-7,9-10H2,1-2H3,(H,21,24)/t13-/m0/s1. The van der Waals surface area contributed by atoms with Crippen LogP contribution < -0.4 is 14.3 Å². The Morgan fingerprint density at radius 3 is 2.81 bits per heavy atom. The highest BCUT2D eigenvalue weighted by Gasteiger charge is 2.38. The highest BCUT2D eigenvalue weighted by atomic mass is 32.2. The van der Waals surface area contributed by atoms with Crippen LogP contribution in [0, 0.1) is 11.7 Å². The smallest absolute Gasteiger partial charge is 0.326 e. The number of hydrogen-bond donors (Lipinski definition) is 3. The fourth-order valence-corrected chi connectivity index (χ4v) is 4.85. The Morgan fingerprint density at radius 2 is 2.19 bits per heavy atom. The van der Waals surface area contributed by atoms with Crippen molar-refractivity contribution in [1.82, 2.24) is 10.0 Å². The molecule has 1 saturated heterocycles. The Morgan fingerprint density at radius 1 is 1.44 bits per heavy atom. The van der Waals surface area contributed by atoms with E-state index in [1.54, 1.807) is 4.72 Å². The highest BCUT2D eigenvalue weighted by Crippen LogP contribution is 2.39. The summed E-state index contributed by atoms with van der Waals surface area (Å²) in [7, 11) is -4.19. The Balaban J connectivity index is 1.92. The monoisotopic (exact) mass is 399 g/mol. The summed E-state index contributed by atoms with van der Waals surface area (Å²) in [5, 5.41) is 13.7. The van der Waals surface area contributed by atoms with Crippen LogP contribution in [0.15, 0.2) is 6.07 Å². The molecule has 0 saturated carbocycles. The molecule has 3 rings (SSSR count). The van der Waals surface area contributed by atoms with Crippen LogP contribution in [0.5, 0.6) is 5.75 Å². The normalized spacial score (nSPS) is 21.9. The minimum Gasteiger partial charge on any atom is -0.506 e. The maximum atomic E-state index is 15.3. The van der Waals surface area contributed by atoms with Crippen LogP contribution in [0.25, 0.3) is 0 Å². The van der Waals surface area contributed by atoms with Gasteiger partial charge < -0.3 is 10.4 Å². The lowest BCUT2D eigenvalue weighted by molar-refractivity contribution is -0.117. The Labute approximate surface area is 159 Å². The van der Waals surface area contributed by atoms with Gasteiger partial charge >= 0.3 is 10.2 Å². The fraction of sp³-hybridized carbons (Fsp3) is 0.611. The zero-order chi connectivity index (χ0) is 19.8. The van der Waals surface area contributed by atoms with Gasteiger partial charge in [-0.05, 0) is 61.8 Å². The third kappa shape index (κ3) is 4.19. The van der Waals surface area contributed by atoms with E-state index in [4.69, 9.17) is 0 Å². The Kier molecular flexibility index (Phi) is 5.62. The molecule has 0 aromatic heterocycles. The average molecular weight is 399 g/mol. The molecule has 7 nitrogen and oxygen atoms in total. The quantitative estimate of drug-likeness (QED) is 0.653. The van der Waals surface area contributed by atoms with E-state index in [0.29, 0.717) is 34.2 Å². The number of fused-ring (bicyclic) bond motifs is 1. The number of anilines is 1.